The van der Waals surface area contributed by atoms with Gasteiger partial charge < -0.3 is 10.2 Å². The maximum absolute atomic E-state index is 13.8. The molecule has 2 amide bonds. The molecular weight excluding hydrogens is 295 g/mol. The van der Waals surface area contributed by atoms with E-state index in [9.17, 15) is 14.0 Å². The summed E-state index contributed by atoms with van der Waals surface area (Å²) in [6.45, 7) is 3.68. The molecule has 1 N–H and O–H groups in total. The van der Waals surface area contributed by atoms with Crippen molar-refractivity contribution in [1.29, 1.82) is 0 Å². The van der Waals surface area contributed by atoms with Crippen LogP contribution in [0.3, 0.4) is 0 Å². The van der Waals surface area contributed by atoms with Crippen LogP contribution in [-0.2, 0) is 16.1 Å². The Hall–Kier alpha value is -1.62. The fraction of sp³-hybridized carbons (Fsp3) is 0.467. The average molecular weight is 313 g/mol. The lowest BCUT2D eigenvalue weighted by Crippen LogP contribution is -2.65. The lowest BCUT2D eigenvalue weighted by molar-refractivity contribution is -0.151. The van der Waals surface area contributed by atoms with Crippen molar-refractivity contribution < 1.29 is 14.0 Å². The zero-order valence-electron chi connectivity index (χ0n) is 12.1. The highest BCUT2D eigenvalue weighted by atomic mass is 35.5. The van der Waals surface area contributed by atoms with E-state index in [1.807, 2.05) is 13.8 Å². The normalized spacial score (nSPS) is 17.8. The van der Waals surface area contributed by atoms with E-state index in [1.54, 1.807) is 0 Å². The molecule has 0 unspecified atom stereocenters. The Morgan fingerprint density at radius 1 is 1.33 bits per heavy atom. The second kappa shape index (κ2) is 6.02. The lowest BCUT2D eigenvalue weighted by Gasteiger charge is -2.41. The van der Waals surface area contributed by atoms with E-state index in [2.05, 4.69) is 5.32 Å². The highest BCUT2D eigenvalue weighted by Crippen LogP contribution is 2.24. The Morgan fingerprint density at radius 3 is 2.62 bits per heavy atom. The first-order valence-electron chi connectivity index (χ1n) is 6.96. The smallest absolute Gasteiger partial charge is 0.249 e. The molecule has 1 saturated heterocycles. The molecule has 1 heterocycles. The molecule has 4 nitrogen and oxygen atoms in total. The third-order valence-electron chi connectivity index (χ3n) is 3.99. The summed E-state index contributed by atoms with van der Waals surface area (Å²) >= 11 is 5.86. The highest BCUT2D eigenvalue weighted by Gasteiger charge is 2.43. The quantitative estimate of drug-likeness (QED) is 0.928. The van der Waals surface area contributed by atoms with E-state index in [-0.39, 0.29) is 24.9 Å². The number of hydrogen-bond acceptors (Lipinski definition) is 2. The first-order valence-corrected chi connectivity index (χ1v) is 7.34. The molecule has 0 bridgehead atoms. The standard InChI is InChI=1S/C15H18ClFN2O2/c1-3-15(4-2)14(21)19(9-13(20)18-15)8-10-7-11(16)5-6-12(10)17/h5-7H,3-4,8-9H2,1-2H3,(H,18,20). The van der Waals surface area contributed by atoms with E-state index in [4.69, 9.17) is 11.6 Å². The van der Waals surface area contributed by atoms with Gasteiger partial charge in [0.05, 0.1) is 6.54 Å². The summed E-state index contributed by atoms with van der Waals surface area (Å²) < 4.78 is 13.8. The SMILES string of the molecule is CCC1(CC)NC(=O)CN(Cc2cc(Cl)ccc2F)C1=O. The first kappa shape index (κ1) is 15.8. The second-order valence-electron chi connectivity index (χ2n) is 5.23. The lowest BCUT2D eigenvalue weighted by atomic mass is 9.88. The molecule has 1 aliphatic heterocycles. The Bertz CT molecular complexity index is 573. The Labute approximate surface area is 128 Å². The molecular formula is C15H18ClFN2O2. The molecule has 0 atom stereocenters. The molecule has 114 valence electrons. The van der Waals surface area contributed by atoms with Crippen molar-refractivity contribution in [3.63, 3.8) is 0 Å². The monoisotopic (exact) mass is 312 g/mol. The van der Waals surface area contributed by atoms with E-state index in [1.165, 1.54) is 23.1 Å². The average Bonchev–Trinajstić information content (AvgIpc) is 2.46. The molecule has 2 rings (SSSR count). The van der Waals surface area contributed by atoms with Crippen LogP contribution in [0.5, 0.6) is 0 Å². The van der Waals surface area contributed by atoms with Gasteiger partial charge in [-0.05, 0) is 31.0 Å². The topological polar surface area (TPSA) is 49.4 Å². The van der Waals surface area contributed by atoms with E-state index in [0.29, 0.717) is 23.4 Å². The van der Waals surface area contributed by atoms with Gasteiger partial charge in [-0.3, -0.25) is 9.59 Å². The molecule has 1 aromatic carbocycles. The van der Waals surface area contributed by atoms with E-state index in [0.717, 1.165) is 0 Å². The van der Waals surface area contributed by atoms with Crippen molar-refractivity contribution in [2.24, 2.45) is 0 Å². The summed E-state index contributed by atoms with van der Waals surface area (Å²) in [4.78, 5) is 25.9. The number of carbonyl (C=O) groups excluding carboxylic acids is 2. The maximum Gasteiger partial charge on any atom is 0.249 e. The summed E-state index contributed by atoms with van der Waals surface area (Å²) in [5.74, 6) is -0.830. The van der Waals surface area contributed by atoms with Crippen molar-refractivity contribution in [3.8, 4) is 0 Å². The zero-order chi connectivity index (χ0) is 15.6. The summed E-state index contributed by atoms with van der Waals surface area (Å²) in [6, 6.07) is 4.20. The largest absolute Gasteiger partial charge is 0.340 e. The first-order chi connectivity index (χ1) is 9.91. The van der Waals surface area contributed by atoms with Crippen LogP contribution in [0.1, 0.15) is 32.3 Å². The van der Waals surface area contributed by atoms with Crippen molar-refractivity contribution >= 4 is 23.4 Å². The Balaban J connectivity index is 2.28. The molecule has 6 heteroatoms. The van der Waals surface area contributed by atoms with Crippen LogP contribution in [0, 0.1) is 5.82 Å². The Kier molecular flexibility index (Phi) is 4.52. The minimum Gasteiger partial charge on any atom is -0.340 e. The van der Waals surface area contributed by atoms with Gasteiger partial charge in [0.1, 0.15) is 11.4 Å². The van der Waals surface area contributed by atoms with Gasteiger partial charge in [-0.15, -0.1) is 0 Å². The molecule has 0 spiro atoms. The van der Waals surface area contributed by atoms with Crippen LogP contribution in [0.2, 0.25) is 5.02 Å². The van der Waals surface area contributed by atoms with Crippen LogP contribution >= 0.6 is 11.6 Å². The van der Waals surface area contributed by atoms with E-state index < -0.39 is 11.4 Å². The molecule has 0 aliphatic carbocycles. The summed E-state index contributed by atoms with van der Waals surface area (Å²) in [5.41, 5.74) is -0.573. The minimum atomic E-state index is -0.885. The van der Waals surface area contributed by atoms with Crippen LogP contribution in [0.4, 0.5) is 4.39 Å². The van der Waals surface area contributed by atoms with Crippen molar-refractivity contribution in [2.75, 3.05) is 6.54 Å². The number of benzene rings is 1. The van der Waals surface area contributed by atoms with Crippen LogP contribution < -0.4 is 5.32 Å². The molecule has 0 aromatic heterocycles. The van der Waals surface area contributed by atoms with Crippen molar-refractivity contribution in [2.45, 2.75) is 38.8 Å². The number of halogens is 2. The maximum atomic E-state index is 13.8. The van der Waals surface area contributed by atoms with E-state index >= 15 is 0 Å². The van der Waals surface area contributed by atoms with Crippen molar-refractivity contribution in [1.82, 2.24) is 10.2 Å². The molecule has 1 aromatic rings. The Morgan fingerprint density at radius 2 is 2.00 bits per heavy atom. The third-order valence-corrected chi connectivity index (χ3v) is 4.22. The third kappa shape index (κ3) is 3.02. The molecule has 0 radical (unpaired) electrons. The van der Waals surface area contributed by atoms with Crippen LogP contribution in [0.25, 0.3) is 0 Å². The number of nitrogens with zero attached hydrogens (tertiary/aromatic N) is 1. The number of nitrogens with one attached hydrogen (secondary N) is 1. The van der Waals surface area contributed by atoms with Gasteiger partial charge in [0.15, 0.2) is 0 Å². The van der Waals surface area contributed by atoms with Crippen LogP contribution in [-0.4, -0.2) is 28.8 Å². The van der Waals surface area contributed by atoms with Gasteiger partial charge >= 0.3 is 0 Å². The molecule has 0 saturated carbocycles. The van der Waals surface area contributed by atoms with Gasteiger partial charge in [-0.2, -0.15) is 0 Å². The van der Waals surface area contributed by atoms with Crippen LogP contribution in [0.15, 0.2) is 18.2 Å². The number of hydrogen-bond donors (Lipinski definition) is 1. The second-order valence-corrected chi connectivity index (χ2v) is 5.67. The summed E-state index contributed by atoms with van der Waals surface area (Å²) in [5, 5.41) is 3.17. The number of amides is 2. The molecule has 21 heavy (non-hydrogen) atoms. The minimum absolute atomic E-state index is 0.0421. The van der Waals surface area contributed by atoms with Gasteiger partial charge in [0.25, 0.3) is 0 Å². The van der Waals surface area contributed by atoms with Gasteiger partial charge in [0, 0.05) is 17.1 Å². The number of carbonyl (C=O) groups is 2. The highest BCUT2D eigenvalue weighted by molar-refractivity contribution is 6.30. The fourth-order valence-electron chi connectivity index (χ4n) is 2.63. The number of rotatable bonds is 4. The summed E-state index contributed by atoms with van der Waals surface area (Å²) in [7, 11) is 0. The predicted octanol–water partition coefficient (Wildman–Crippen LogP) is 2.50. The predicted molar refractivity (Wildman–Crippen MR) is 78.3 cm³/mol. The zero-order valence-corrected chi connectivity index (χ0v) is 12.8. The van der Waals surface area contributed by atoms with Crippen molar-refractivity contribution in [3.05, 3.63) is 34.6 Å². The van der Waals surface area contributed by atoms with Gasteiger partial charge in [-0.25, -0.2) is 4.39 Å². The number of piperazine rings is 1. The fourth-order valence-corrected chi connectivity index (χ4v) is 2.83. The van der Waals surface area contributed by atoms with Gasteiger partial charge in [-0.1, -0.05) is 25.4 Å². The summed E-state index contributed by atoms with van der Waals surface area (Å²) in [6.07, 6.45) is 1.01. The molecule has 1 fully saturated rings. The molecule has 1 aliphatic rings. The van der Waals surface area contributed by atoms with Gasteiger partial charge in [0.2, 0.25) is 11.8 Å².